The molecule has 2 N–H and O–H groups in total. The summed E-state index contributed by atoms with van der Waals surface area (Å²) >= 11 is 6.16. The zero-order chi connectivity index (χ0) is 12.9. The number of anilines is 1. The van der Waals surface area contributed by atoms with E-state index in [-0.39, 0.29) is 12.0 Å². The van der Waals surface area contributed by atoms with E-state index < -0.39 is 0 Å². The average Bonchev–Trinajstić information content (AvgIpc) is 2.34. The standard InChI is InChI=1S/C14H22ClNO/c1-4-14(5-2,10-17)9-16-13-11(3)7-6-8-12(13)15/h6-8,16-17H,4-5,9-10H2,1-3H3. The molecule has 2 nitrogen and oxygen atoms in total. The van der Waals surface area contributed by atoms with E-state index in [2.05, 4.69) is 19.2 Å². The second kappa shape index (κ2) is 6.27. The molecule has 0 saturated heterocycles. The van der Waals surface area contributed by atoms with E-state index in [0.29, 0.717) is 0 Å². The van der Waals surface area contributed by atoms with Crippen LogP contribution in [-0.2, 0) is 0 Å². The lowest BCUT2D eigenvalue weighted by Crippen LogP contribution is -2.32. The Kier molecular flexibility index (Phi) is 5.29. The van der Waals surface area contributed by atoms with Gasteiger partial charge >= 0.3 is 0 Å². The Bertz CT molecular complexity index is 333. The molecule has 0 unspecified atom stereocenters. The number of halogens is 1. The molecule has 0 spiro atoms. The highest BCUT2D eigenvalue weighted by Gasteiger charge is 2.25. The normalized spacial score (nSPS) is 11.6. The molecule has 0 radical (unpaired) electrons. The number of hydrogen-bond acceptors (Lipinski definition) is 2. The van der Waals surface area contributed by atoms with Gasteiger partial charge in [-0.05, 0) is 31.4 Å². The smallest absolute Gasteiger partial charge is 0.0640 e. The van der Waals surface area contributed by atoms with E-state index in [4.69, 9.17) is 11.6 Å². The van der Waals surface area contributed by atoms with E-state index in [9.17, 15) is 5.11 Å². The number of rotatable bonds is 6. The molecule has 0 heterocycles. The molecule has 0 amide bonds. The van der Waals surface area contributed by atoms with Crippen molar-refractivity contribution in [3.05, 3.63) is 28.8 Å². The van der Waals surface area contributed by atoms with Gasteiger partial charge in [-0.25, -0.2) is 0 Å². The van der Waals surface area contributed by atoms with Gasteiger partial charge in [-0.3, -0.25) is 0 Å². The van der Waals surface area contributed by atoms with Crippen molar-refractivity contribution in [1.82, 2.24) is 0 Å². The Morgan fingerprint density at radius 2 is 1.94 bits per heavy atom. The van der Waals surface area contributed by atoms with Gasteiger partial charge < -0.3 is 10.4 Å². The minimum Gasteiger partial charge on any atom is -0.396 e. The first kappa shape index (κ1) is 14.3. The van der Waals surface area contributed by atoms with Gasteiger partial charge in [0.25, 0.3) is 0 Å². The number of hydrogen-bond donors (Lipinski definition) is 2. The van der Waals surface area contributed by atoms with Gasteiger partial charge in [0.2, 0.25) is 0 Å². The van der Waals surface area contributed by atoms with Crippen LogP contribution in [0.25, 0.3) is 0 Å². The molecule has 17 heavy (non-hydrogen) atoms. The van der Waals surface area contributed by atoms with Crippen LogP contribution in [0.4, 0.5) is 5.69 Å². The number of para-hydroxylation sites is 1. The minimum atomic E-state index is -0.0500. The topological polar surface area (TPSA) is 32.3 Å². The zero-order valence-corrected chi connectivity index (χ0v) is 11.6. The maximum Gasteiger partial charge on any atom is 0.0640 e. The molecule has 0 aliphatic rings. The quantitative estimate of drug-likeness (QED) is 0.809. The summed E-state index contributed by atoms with van der Waals surface area (Å²) in [6.45, 7) is 7.21. The summed E-state index contributed by atoms with van der Waals surface area (Å²) in [5, 5.41) is 13.6. The molecule has 0 bridgehead atoms. The molecule has 0 fully saturated rings. The number of aliphatic hydroxyl groups is 1. The predicted octanol–water partition coefficient (Wildman–Crippen LogP) is 3.86. The number of aryl methyl sites for hydroxylation is 1. The lowest BCUT2D eigenvalue weighted by Gasteiger charge is -2.30. The third-order valence-corrected chi connectivity index (χ3v) is 4.01. The predicted molar refractivity (Wildman–Crippen MR) is 74.8 cm³/mol. The van der Waals surface area contributed by atoms with Gasteiger partial charge in [-0.2, -0.15) is 0 Å². The number of aliphatic hydroxyl groups excluding tert-OH is 1. The van der Waals surface area contributed by atoms with Crippen molar-refractivity contribution in [3.63, 3.8) is 0 Å². The van der Waals surface area contributed by atoms with E-state index in [0.717, 1.165) is 35.7 Å². The van der Waals surface area contributed by atoms with E-state index >= 15 is 0 Å². The Balaban J connectivity index is 2.79. The number of nitrogens with one attached hydrogen (secondary N) is 1. The van der Waals surface area contributed by atoms with Gasteiger partial charge in [-0.15, -0.1) is 0 Å². The van der Waals surface area contributed by atoms with Crippen LogP contribution in [0.1, 0.15) is 32.3 Å². The SMILES string of the molecule is CCC(CC)(CO)CNc1c(C)cccc1Cl. The van der Waals surface area contributed by atoms with E-state index in [1.54, 1.807) is 0 Å². The largest absolute Gasteiger partial charge is 0.396 e. The first-order valence-corrected chi connectivity index (χ1v) is 6.56. The van der Waals surface area contributed by atoms with Crippen LogP contribution in [0.15, 0.2) is 18.2 Å². The van der Waals surface area contributed by atoms with Crippen molar-refractivity contribution in [2.45, 2.75) is 33.6 Å². The molecule has 1 rings (SSSR count). The third-order valence-electron chi connectivity index (χ3n) is 3.70. The van der Waals surface area contributed by atoms with Crippen LogP contribution < -0.4 is 5.32 Å². The van der Waals surface area contributed by atoms with Crippen LogP contribution in [0, 0.1) is 12.3 Å². The van der Waals surface area contributed by atoms with Crippen molar-refractivity contribution >= 4 is 17.3 Å². The molecule has 1 aromatic carbocycles. The van der Waals surface area contributed by atoms with Crippen LogP contribution >= 0.6 is 11.6 Å². The highest BCUT2D eigenvalue weighted by Crippen LogP contribution is 2.30. The highest BCUT2D eigenvalue weighted by molar-refractivity contribution is 6.33. The van der Waals surface area contributed by atoms with Crippen LogP contribution in [0.3, 0.4) is 0 Å². The second-order valence-corrected chi connectivity index (χ2v) is 5.06. The Labute approximate surface area is 109 Å². The molecular formula is C14H22ClNO. The van der Waals surface area contributed by atoms with Crippen molar-refractivity contribution in [2.75, 3.05) is 18.5 Å². The molecule has 96 valence electrons. The molecule has 0 aromatic heterocycles. The summed E-state index contributed by atoms with van der Waals surface area (Å²) in [5.41, 5.74) is 2.07. The maximum absolute atomic E-state index is 9.52. The first-order valence-electron chi connectivity index (χ1n) is 6.18. The Morgan fingerprint density at radius 3 is 2.41 bits per heavy atom. The Hall–Kier alpha value is -0.730. The lowest BCUT2D eigenvalue weighted by molar-refractivity contribution is 0.127. The van der Waals surface area contributed by atoms with Crippen LogP contribution in [0.5, 0.6) is 0 Å². The molecule has 0 aliphatic heterocycles. The molecule has 3 heteroatoms. The number of benzene rings is 1. The summed E-state index contributed by atoms with van der Waals surface area (Å²) in [7, 11) is 0. The lowest BCUT2D eigenvalue weighted by atomic mass is 9.83. The molecule has 1 aromatic rings. The van der Waals surface area contributed by atoms with Crippen LogP contribution in [0.2, 0.25) is 5.02 Å². The zero-order valence-electron chi connectivity index (χ0n) is 10.9. The average molecular weight is 256 g/mol. The molecule has 0 saturated carbocycles. The first-order chi connectivity index (χ1) is 8.08. The van der Waals surface area contributed by atoms with Gasteiger partial charge in [0.05, 0.1) is 17.3 Å². The fourth-order valence-electron chi connectivity index (χ4n) is 1.91. The monoisotopic (exact) mass is 255 g/mol. The van der Waals surface area contributed by atoms with Crippen molar-refractivity contribution in [2.24, 2.45) is 5.41 Å². The minimum absolute atomic E-state index is 0.0500. The van der Waals surface area contributed by atoms with Crippen molar-refractivity contribution < 1.29 is 5.11 Å². The molecule has 0 atom stereocenters. The summed E-state index contributed by atoms with van der Waals surface area (Å²) in [6, 6.07) is 5.86. The maximum atomic E-state index is 9.52. The van der Waals surface area contributed by atoms with E-state index in [1.165, 1.54) is 0 Å². The highest BCUT2D eigenvalue weighted by atomic mass is 35.5. The summed E-state index contributed by atoms with van der Waals surface area (Å²) in [4.78, 5) is 0. The van der Waals surface area contributed by atoms with Crippen LogP contribution in [-0.4, -0.2) is 18.3 Å². The van der Waals surface area contributed by atoms with Crippen molar-refractivity contribution in [3.8, 4) is 0 Å². The van der Waals surface area contributed by atoms with Gasteiger partial charge in [0, 0.05) is 12.0 Å². The van der Waals surface area contributed by atoms with Gasteiger partial charge in [-0.1, -0.05) is 37.6 Å². The van der Waals surface area contributed by atoms with Gasteiger partial charge in [0.1, 0.15) is 0 Å². The third kappa shape index (κ3) is 3.36. The molecule has 0 aliphatic carbocycles. The Morgan fingerprint density at radius 1 is 1.29 bits per heavy atom. The van der Waals surface area contributed by atoms with E-state index in [1.807, 2.05) is 25.1 Å². The van der Waals surface area contributed by atoms with Gasteiger partial charge in [0.15, 0.2) is 0 Å². The fourth-order valence-corrected chi connectivity index (χ4v) is 2.20. The summed E-state index contributed by atoms with van der Waals surface area (Å²) < 4.78 is 0. The summed E-state index contributed by atoms with van der Waals surface area (Å²) in [6.07, 6.45) is 1.91. The molecular weight excluding hydrogens is 234 g/mol. The second-order valence-electron chi connectivity index (χ2n) is 4.65. The fraction of sp³-hybridized carbons (Fsp3) is 0.571. The summed E-state index contributed by atoms with van der Waals surface area (Å²) in [5.74, 6) is 0. The van der Waals surface area contributed by atoms with Crippen molar-refractivity contribution in [1.29, 1.82) is 0 Å².